The highest BCUT2D eigenvalue weighted by atomic mass is 79.9. The highest BCUT2D eigenvalue weighted by Crippen LogP contribution is 2.29. The third-order valence-electron chi connectivity index (χ3n) is 2.72. The molecule has 2 N–H and O–H groups in total. The fraction of sp³-hybridized carbons (Fsp3) is 0.417. The van der Waals surface area contributed by atoms with Gasteiger partial charge in [0.25, 0.3) is 5.69 Å². The summed E-state index contributed by atoms with van der Waals surface area (Å²) in [4.78, 5) is 22.1. The van der Waals surface area contributed by atoms with E-state index in [9.17, 15) is 14.9 Å². The maximum absolute atomic E-state index is 11.6. The third kappa shape index (κ3) is 3.92. The number of benzene rings is 1. The molecule has 0 aromatic heterocycles. The van der Waals surface area contributed by atoms with Gasteiger partial charge in [-0.05, 0) is 26.0 Å². The van der Waals surface area contributed by atoms with Crippen LogP contribution in [-0.2, 0) is 4.79 Å². The first-order chi connectivity index (χ1) is 8.77. The summed E-state index contributed by atoms with van der Waals surface area (Å²) in [6, 6.07) is 4.75. The minimum atomic E-state index is -0.657. The largest absolute Gasteiger partial charge is 0.378 e. The molecule has 7 heteroatoms. The van der Waals surface area contributed by atoms with E-state index in [1.165, 1.54) is 6.07 Å². The van der Waals surface area contributed by atoms with Crippen molar-refractivity contribution in [2.45, 2.75) is 13.8 Å². The van der Waals surface area contributed by atoms with Crippen molar-refractivity contribution in [3.05, 3.63) is 32.8 Å². The Labute approximate surface area is 119 Å². The summed E-state index contributed by atoms with van der Waals surface area (Å²) in [5, 5.41) is 16.5. The van der Waals surface area contributed by atoms with Gasteiger partial charge in [-0.25, -0.2) is 0 Å². The van der Waals surface area contributed by atoms with Gasteiger partial charge < -0.3 is 10.6 Å². The van der Waals surface area contributed by atoms with Crippen LogP contribution in [0.5, 0.6) is 0 Å². The molecule has 19 heavy (non-hydrogen) atoms. The van der Waals surface area contributed by atoms with Crippen molar-refractivity contribution in [1.82, 2.24) is 5.32 Å². The normalized spacial score (nSPS) is 10.9. The standard InChI is InChI=1S/C12H16BrN3O3/c1-12(2,11(17)14-3)7-15-9-5-4-8(13)6-10(9)16(18)19/h4-6,15H,7H2,1-3H3,(H,14,17). The maximum Gasteiger partial charge on any atom is 0.293 e. The molecule has 104 valence electrons. The number of rotatable bonds is 5. The van der Waals surface area contributed by atoms with Gasteiger partial charge in [0.2, 0.25) is 5.91 Å². The average molecular weight is 330 g/mol. The van der Waals surface area contributed by atoms with Gasteiger partial charge in [-0.2, -0.15) is 0 Å². The number of hydrogen-bond donors (Lipinski definition) is 2. The van der Waals surface area contributed by atoms with Crippen LogP contribution >= 0.6 is 15.9 Å². The molecule has 0 fully saturated rings. The van der Waals surface area contributed by atoms with Crippen LogP contribution in [0.15, 0.2) is 22.7 Å². The molecule has 0 aliphatic carbocycles. The fourth-order valence-corrected chi connectivity index (χ4v) is 1.89. The number of carbonyl (C=O) groups is 1. The summed E-state index contributed by atoms with van der Waals surface area (Å²) < 4.78 is 0.635. The summed E-state index contributed by atoms with van der Waals surface area (Å²) in [5.41, 5.74) is -0.289. The number of nitrogens with one attached hydrogen (secondary N) is 2. The zero-order valence-corrected chi connectivity index (χ0v) is 12.6. The lowest BCUT2D eigenvalue weighted by Gasteiger charge is -2.23. The van der Waals surface area contributed by atoms with Crippen LogP contribution in [0.25, 0.3) is 0 Å². The minimum Gasteiger partial charge on any atom is -0.378 e. The molecule has 0 saturated heterocycles. The fourth-order valence-electron chi connectivity index (χ4n) is 1.54. The van der Waals surface area contributed by atoms with E-state index in [0.29, 0.717) is 16.7 Å². The lowest BCUT2D eigenvalue weighted by molar-refractivity contribution is -0.384. The predicted molar refractivity (Wildman–Crippen MR) is 77.1 cm³/mol. The van der Waals surface area contributed by atoms with Crippen LogP contribution in [0.3, 0.4) is 0 Å². The van der Waals surface area contributed by atoms with Gasteiger partial charge in [0.1, 0.15) is 5.69 Å². The lowest BCUT2D eigenvalue weighted by Crippen LogP contribution is -2.39. The van der Waals surface area contributed by atoms with Gasteiger partial charge in [-0.15, -0.1) is 0 Å². The van der Waals surface area contributed by atoms with E-state index in [4.69, 9.17) is 0 Å². The molecular formula is C12H16BrN3O3. The number of nitro benzene ring substituents is 1. The first-order valence-corrected chi connectivity index (χ1v) is 6.47. The Kier molecular flexibility index (Phi) is 4.88. The predicted octanol–water partition coefficient (Wildman–Crippen LogP) is 2.54. The maximum atomic E-state index is 11.6. The first-order valence-electron chi connectivity index (χ1n) is 5.68. The van der Waals surface area contributed by atoms with Crippen LogP contribution in [0.4, 0.5) is 11.4 Å². The summed E-state index contributed by atoms with van der Waals surface area (Å²) in [5.74, 6) is -0.125. The van der Waals surface area contributed by atoms with E-state index < -0.39 is 10.3 Å². The Bertz CT molecular complexity index is 503. The van der Waals surface area contributed by atoms with Crippen molar-refractivity contribution in [2.24, 2.45) is 5.41 Å². The molecule has 0 bridgehead atoms. The molecule has 0 aliphatic rings. The minimum absolute atomic E-state index is 0.0259. The molecule has 0 unspecified atom stereocenters. The monoisotopic (exact) mass is 329 g/mol. The Hall–Kier alpha value is -1.63. The molecule has 0 aliphatic heterocycles. The average Bonchev–Trinajstić information content (AvgIpc) is 2.36. The van der Waals surface area contributed by atoms with Gasteiger partial charge in [-0.1, -0.05) is 15.9 Å². The molecular weight excluding hydrogens is 314 g/mol. The number of nitrogens with zero attached hydrogens (tertiary/aromatic N) is 1. The van der Waals surface area contributed by atoms with E-state index in [0.717, 1.165) is 0 Å². The Morgan fingerprint density at radius 3 is 2.63 bits per heavy atom. The molecule has 0 saturated carbocycles. The number of carbonyl (C=O) groups excluding carboxylic acids is 1. The highest BCUT2D eigenvalue weighted by Gasteiger charge is 2.27. The molecule has 0 radical (unpaired) electrons. The number of amides is 1. The van der Waals surface area contributed by atoms with Crippen LogP contribution in [0.2, 0.25) is 0 Å². The number of nitro groups is 1. The van der Waals surface area contributed by atoms with E-state index in [1.54, 1.807) is 33.0 Å². The number of anilines is 1. The molecule has 1 amide bonds. The van der Waals surface area contributed by atoms with Gasteiger partial charge in [0.15, 0.2) is 0 Å². The van der Waals surface area contributed by atoms with Crippen LogP contribution in [0, 0.1) is 15.5 Å². The quantitative estimate of drug-likeness (QED) is 0.642. The van der Waals surface area contributed by atoms with Gasteiger partial charge >= 0.3 is 0 Å². The topological polar surface area (TPSA) is 84.3 Å². The van der Waals surface area contributed by atoms with Crippen molar-refractivity contribution < 1.29 is 9.72 Å². The summed E-state index contributed by atoms with van der Waals surface area (Å²) in [7, 11) is 1.56. The molecule has 1 aromatic carbocycles. The van der Waals surface area contributed by atoms with Crippen LogP contribution in [-0.4, -0.2) is 24.4 Å². The molecule has 0 heterocycles. The van der Waals surface area contributed by atoms with E-state index in [-0.39, 0.29) is 11.6 Å². The first kappa shape index (κ1) is 15.4. The van der Waals surface area contributed by atoms with Gasteiger partial charge in [0.05, 0.1) is 10.3 Å². The van der Waals surface area contributed by atoms with Crippen molar-refractivity contribution in [1.29, 1.82) is 0 Å². The second-order valence-corrected chi connectivity index (χ2v) is 5.65. The Morgan fingerprint density at radius 2 is 2.11 bits per heavy atom. The molecule has 0 spiro atoms. The smallest absolute Gasteiger partial charge is 0.293 e. The van der Waals surface area contributed by atoms with Crippen molar-refractivity contribution in [2.75, 3.05) is 18.9 Å². The van der Waals surface area contributed by atoms with Crippen LogP contribution in [0.1, 0.15) is 13.8 Å². The van der Waals surface area contributed by atoms with Crippen molar-refractivity contribution >= 4 is 33.2 Å². The molecule has 0 atom stereocenters. The van der Waals surface area contributed by atoms with Crippen molar-refractivity contribution in [3.63, 3.8) is 0 Å². The van der Waals surface area contributed by atoms with E-state index in [1.807, 2.05) is 0 Å². The summed E-state index contributed by atoms with van der Waals surface area (Å²) in [6.07, 6.45) is 0. The van der Waals surface area contributed by atoms with E-state index >= 15 is 0 Å². The van der Waals surface area contributed by atoms with E-state index in [2.05, 4.69) is 26.6 Å². The van der Waals surface area contributed by atoms with Gasteiger partial charge in [-0.3, -0.25) is 14.9 Å². The Morgan fingerprint density at radius 1 is 1.47 bits per heavy atom. The summed E-state index contributed by atoms with van der Waals surface area (Å²) in [6.45, 7) is 3.84. The lowest BCUT2D eigenvalue weighted by atomic mass is 9.92. The molecule has 1 aromatic rings. The number of hydrogen-bond acceptors (Lipinski definition) is 4. The van der Waals surface area contributed by atoms with Gasteiger partial charge in [0, 0.05) is 24.1 Å². The zero-order valence-electron chi connectivity index (χ0n) is 11.0. The Balaban J connectivity index is 2.89. The SMILES string of the molecule is CNC(=O)C(C)(C)CNc1ccc(Br)cc1[N+](=O)[O-]. The third-order valence-corrected chi connectivity index (χ3v) is 3.21. The molecule has 6 nitrogen and oxygen atoms in total. The number of halogens is 1. The summed E-state index contributed by atoms with van der Waals surface area (Å²) >= 11 is 3.19. The van der Waals surface area contributed by atoms with Crippen molar-refractivity contribution in [3.8, 4) is 0 Å². The molecule has 1 rings (SSSR count). The zero-order chi connectivity index (χ0) is 14.6. The van der Waals surface area contributed by atoms with Crippen LogP contribution < -0.4 is 10.6 Å². The second-order valence-electron chi connectivity index (χ2n) is 4.74. The highest BCUT2D eigenvalue weighted by molar-refractivity contribution is 9.10. The second kappa shape index (κ2) is 6.01.